The van der Waals surface area contributed by atoms with Crippen molar-refractivity contribution in [2.75, 3.05) is 10.6 Å². The number of hydrogen-bond acceptors (Lipinski definition) is 4. The minimum atomic E-state index is -0.387. The molecule has 0 saturated carbocycles. The first-order valence-corrected chi connectivity index (χ1v) is 10.4. The van der Waals surface area contributed by atoms with Gasteiger partial charge in [-0.2, -0.15) is 10.2 Å². The molecule has 0 fully saturated rings. The van der Waals surface area contributed by atoms with Crippen molar-refractivity contribution >= 4 is 23.3 Å². The Labute approximate surface area is 185 Å². The van der Waals surface area contributed by atoms with E-state index in [2.05, 4.69) is 39.9 Å². The van der Waals surface area contributed by atoms with Crippen LogP contribution in [0.4, 0.5) is 11.5 Å². The summed E-state index contributed by atoms with van der Waals surface area (Å²) in [5.74, 6) is -0.114. The van der Waals surface area contributed by atoms with Crippen LogP contribution >= 0.6 is 0 Å². The second kappa shape index (κ2) is 9.30. The molecule has 0 spiro atoms. The van der Waals surface area contributed by atoms with Gasteiger partial charge in [-0.1, -0.05) is 49.4 Å². The molecule has 0 aliphatic rings. The first-order valence-electron chi connectivity index (χ1n) is 10.4. The SMILES string of the molecule is CCC(=O)Nc1cc(C(=O)Nc2cnn(Cc3ccccc3C)c2)nn1-c1ccccc1. The van der Waals surface area contributed by atoms with E-state index in [4.69, 9.17) is 0 Å². The summed E-state index contributed by atoms with van der Waals surface area (Å²) in [6.07, 6.45) is 3.70. The Morgan fingerprint density at radius 3 is 2.50 bits per heavy atom. The predicted molar refractivity (Wildman–Crippen MR) is 123 cm³/mol. The summed E-state index contributed by atoms with van der Waals surface area (Å²) in [5, 5.41) is 14.4. The van der Waals surface area contributed by atoms with E-state index in [1.54, 1.807) is 34.7 Å². The summed E-state index contributed by atoms with van der Waals surface area (Å²) in [4.78, 5) is 24.8. The Hall–Kier alpha value is -4.20. The van der Waals surface area contributed by atoms with Crippen LogP contribution in [-0.4, -0.2) is 31.4 Å². The van der Waals surface area contributed by atoms with Gasteiger partial charge in [-0.3, -0.25) is 14.3 Å². The Morgan fingerprint density at radius 1 is 1.00 bits per heavy atom. The van der Waals surface area contributed by atoms with Gasteiger partial charge in [0.25, 0.3) is 5.91 Å². The zero-order valence-electron chi connectivity index (χ0n) is 17.9. The molecule has 4 rings (SSSR count). The van der Waals surface area contributed by atoms with Crippen LogP contribution in [0.25, 0.3) is 5.69 Å². The molecule has 0 atom stereocenters. The third-order valence-electron chi connectivity index (χ3n) is 5.02. The van der Waals surface area contributed by atoms with Crippen molar-refractivity contribution in [3.63, 3.8) is 0 Å². The Bertz CT molecular complexity index is 1240. The number of aromatic nitrogens is 4. The van der Waals surface area contributed by atoms with E-state index < -0.39 is 0 Å². The number of nitrogens with zero attached hydrogens (tertiary/aromatic N) is 4. The third-order valence-corrected chi connectivity index (χ3v) is 5.02. The van der Waals surface area contributed by atoms with E-state index in [0.717, 1.165) is 11.3 Å². The zero-order chi connectivity index (χ0) is 22.5. The molecule has 162 valence electrons. The minimum absolute atomic E-state index is 0.161. The molecule has 0 unspecified atom stereocenters. The quantitative estimate of drug-likeness (QED) is 0.465. The van der Waals surface area contributed by atoms with Crippen LogP contribution < -0.4 is 10.6 Å². The van der Waals surface area contributed by atoms with Gasteiger partial charge in [0, 0.05) is 18.7 Å². The largest absolute Gasteiger partial charge is 0.318 e. The molecular formula is C24H24N6O2. The molecule has 0 aliphatic carbocycles. The van der Waals surface area contributed by atoms with Gasteiger partial charge in [-0.05, 0) is 30.2 Å². The number of carbonyl (C=O) groups excluding carboxylic acids is 2. The fourth-order valence-corrected chi connectivity index (χ4v) is 3.25. The van der Waals surface area contributed by atoms with Crippen LogP contribution in [0.3, 0.4) is 0 Å². The van der Waals surface area contributed by atoms with Crippen LogP contribution in [0.1, 0.15) is 35.0 Å². The fraction of sp³-hybridized carbons (Fsp3) is 0.167. The van der Waals surface area contributed by atoms with Gasteiger partial charge in [0.2, 0.25) is 5.91 Å². The van der Waals surface area contributed by atoms with Crippen LogP contribution in [-0.2, 0) is 11.3 Å². The molecule has 0 aliphatic heterocycles. The van der Waals surface area contributed by atoms with Gasteiger partial charge in [-0.15, -0.1) is 0 Å². The van der Waals surface area contributed by atoms with E-state index >= 15 is 0 Å². The highest BCUT2D eigenvalue weighted by Gasteiger charge is 2.17. The van der Waals surface area contributed by atoms with Crippen LogP contribution in [0.15, 0.2) is 73.1 Å². The summed E-state index contributed by atoms with van der Waals surface area (Å²) in [7, 11) is 0. The Kier molecular flexibility index (Phi) is 6.12. The first-order chi connectivity index (χ1) is 15.5. The van der Waals surface area contributed by atoms with Gasteiger partial charge >= 0.3 is 0 Å². The molecule has 0 saturated heterocycles. The fourth-order valence-electron chi connectivity index (χ4n) is 3.25. The van der Waals surface area contributed by atoms with Gasteiger partial charge < -0.3 is 10.6 Å². The summed E-state index contributed by atoms with van der Waals surface area (Å²) in [5.41, 5.74) is 3.83. The first kappa shape index (κ1) is 21.0. The molecule has 4 aromatic rings. The minimum Gasteiger partial charge on any atom is -0.318 e. The maximum absolute atomic E-state index is 12.9. The van der Waals surface area contributed by atoms with Crippen molar-refractivity contribution in [3.8, 4) is 5.69 Å². The lowest BCUT2D eigenvalue weighted by atomic mass is 10.1. The van der Waals surface area contributed by atoms with Gasteiger partial charge in [0.05, 0.1) is 24.1 Å². The maximum Gasteiger partial charge on any atom is 0.276 e. The lowest BCUT2D eigenvalue weighted by Crippen LogP contribution is -2.13. The van der Waals surface area contributed by atoms with E-state index in [-0.39, 0.29) is 17.5 Å². The number of hydrogen-bond donors (Lipinski definition) is 2. The smallest absolute Gasteiger partial charge is 0.276 e. The summed E-state index contributed by atoms with van der Waals surface area (Å²) >= 11 is 0. The molecule has 8 heteroatoms. The molecule has 2 N–H and O–H groups in total. The number of aryl methyl sites for hydroxylation is 1. The molecule has 32 heavy (non-hydrogen) atoms. The van der Waals surface area contributed by atoms with Gasteiger partial charge in [0.1, 0.15) is 5.82 Å². The summed E-state index contributed by atoms with van der Waals surface area (Å²) in [6.45, 7) is 4.43. The highest BCUT2D eigenvalue weighted by Crippen LogP contribution is 2.19. The van der Waals surface area contributed by atoms with E-state index in [9.17, 15) is 9.59 Å². The third kappa shape index (κ3) is 4.75. The van der Waals surface area contributed by atoms with Crippen LogP contribution in [0, 0.1) is 6.92 Å². The molecule has 2 heterocycles. The van der Waals surface area contributed by atoms with Crippen LogP contribution in [0.5, 0.6) is 0 Å². The van der Waals surface area contributed by atoms with Gasteiger partial charge in [0.15, 0.2) is 5.69 Å². The highest BCUT2D eigenvalue weighted by molar-refractivity contribution is 6.03. The number of carbonyl (C=O) groups is 2. The zero-order valence-corrected chi connectivity index (χ0v) is 17.9. The van der Waals surface area contributed by atoms with Crippen molar-refractivity contribution in [2.45, 2.75) is 26.8 Å². The second-order valence-corrected chi connectivity index (χ2v) is 7.37. The standard InChI is InChI=1S/C24H24N6O2/c1-3-23(31)27-22-13-21(28-30(22)20-11-5-4-6-12-20)24(32)26-19-14-25-29(16-19)15-18-10-8-7-9-17(18)2/h4-14,16H,3,15H2,1-2H3,(H,26,32)(H,27,31). The summed E-state index contributed by atoms with van der Waals surface area (Å²) in [6, 6.07) is 19.0. The number of anilines is 2. The number of nitrogens with one attached hydrogen (secondary N) is 2. The number of para-hydroxylation sites is 1. The number of amides is 2. The number of benzene rings is 2. The van der Waals surface area contributed by atoms with Crippen molar-refractivity contribution in [1.82, 2.24) is 19.6 Å². The Morgan fingerprint density at radius 2 is 1.75 bits per heavy atom. The van der Waals surface area contributed by atoms with Crippen molar-refractivity contribution in [3.05, 3.63) is 89.9 Å². The molecular weight excluding hydrogens is 404 g/mol. The summed E-state index contributed by atoms with van der Waals surface area (Å²) < 4.78 is 3.32. The predicted octanol–water partition coefficient (Wildman–Crippen LogP) is 4.03. The molecule has 0 radical (unpaired) electrons. The second-order valence-electron chi connectivity index (χ2n) is 7.37. The normalized spacial score (nSPS) is 10.7. The molecule has 2 amide bonds. The van der Waals surface area contributed by atoms with Crippen molar-refractivity contribution in [2.24, 2.45) is 0 Å². The maximum atomic E-state index is 12.9. The average molecular weight is 428 g/mol. The van der Waals surface area contributed by atoms with Crippen LogP contribution in [0.2, 0.25) is 0 Å². The molecule has 8 nitrogen and oxygen atoms in total. The van der Waals surface area contributed by atoms with Gasteiger partial charge in [-0.25, -0.2) is 4.68 Å². The molecule has 2 aromatic heterocycles. The molecule has 0 bridgehead atoms. The lowest BCUT2D eigenvalue weighted by Gasteiger charge is -2.07. The number of rotatable bonds is 7. The van der Waals surface area contributed by atoms with E-state index in [0.29, 0.717) is 24.5 Å². The Balaban J connectivity index is 1.53. The van der Waals surface area contributed by atoms with Crippen molar-refractivity contribution < 1.29 is 9.59 Å². The molecule has 2 aromatic carbocycles. The monoisotopic (exact) mass is 428 g/mol. The van der Waals surface area contributed by atoms with Crippen molar-refractivity contribution in [1.29, 1.82) is 0 Å². The average Bonchev–Trinajstić information content (AvgIpc) is 3.43. The topological polar surface area (TPSA) is 93.8 Å². The highest BCUT2D eigenvalue weighted by atomic mass is 16.2. The van der Waals surface area contributed by atoms with E-state index in [1.165, 1.54) is 5.56 Å². The lowest BCUT2D eigenvalue weighted by molar-refractivity contribution is -0.115. The van der Waals surface area contributed by atoms with E-state index in [1.807, 2.05) is 42.5 Å².